The van der Waals surface area contributed by atoms with Crippen LogP contribution in [0.5, 0.6) is 0 Å². The van der Waals surface area contributed by atoms with Gasteiger partial charge in [-0.3, -0.25) is 10.1 Å². The number of pyridine rings is 1. The molecule has 1 atom stereocenters. The molecule has 5 nitrogen and oxygen atoms in total. The zero-order valence-electron chi connectivity index (χ0n) is 9.17. The Morgan fingerprint density at radius 2 is 2.47 bits per heavy atom. The molecule has 1 saturated heterocycles. The zero-order chi connectivity index (χ0) is 12.1. The highest BCUT2D eigenvalue weighted by Gasteiger charge is 2.14. The molecule has 17 heavy (non-hydrogen) atoms. The molecule has 1 unspecified atom stereocenters. The van der Waals surface area contributed by atoms with Crippen LogP contribution in [-0.4, -0.2) is 39.0 Å². The highest BCUT2D eigenvalue weighted by molar-refractivity contribution is 8.06. The predicted molar refractivity (Wildman–Crippen MR) is 73.0 cm³/mol. The van der Waals surface area contributed by atoms with E-state index >= 15 is 0 Å². The second kappa shape index (κ2) is 6.11. The number of nitrogens with zero attached hydrogens (tertiary/aromatic N) is 2. The van der Waals surface area contributed by atoms with Crippen molar-refractivity contribution in [3.05, 3.63) is 28.4 Å². The van der Waals surface area contributed by atoms with Crippen molar-refractivity contribution in [1.29, 1.82) is 0 Å². The average molecular weight is 271 g/mol. The summed E-state index contributed by atoms with van der Waals surface area (Å²) in [6.07, 6.45) is 1.46. The lowest BCUT2D eigenvalue weighted by Gasteiger charge is -2.21. The summed E-state index contributed by atoms with van der Waals surface area (Å²) in [5, 5.41) is 14.3. The summed E-state index contributed by atoms with van der Waals surface area (Å²) in [7, 11) is 0. The maximum atomic E-state index is 10.6. The molecule has 1 N–H and O–H groups in total. The second-order valence-electron chi connectivity index (χ2n) is 3.61. The highest BCUT2D eigenvalue weighted by Crippen LogP contribution is 2.24. The van der Waals surface area contributed by atoms with Gasteiger partial charge < -0.3 is 5.32 Å². The quantitative estimate of drug-likeness (QED) is 0.669. The molecule has 0 amide bonds. The molecule has 1 aliphatic heterocycles. The monoisotopic (exact) mass is 271 g/mol. The fraction of sp³-hybridized carbons (Fsp3) is 0.500. The minimum absolute atomic E-state index is 0.0770. The van der Waals surface area contributed by atoms with Crippen LogP contribution in [0.3, 0.4) is 0 Å². The van der Waals surface area contributed by atoms with Gasteiger partial charge in [0.1, 0.15) is 5.82 Å². The van der Waals surface area contributed by atoms with Gasteiger partial charge in [-0.25, -0.2) is 4.98 Å². The van der Waals surface area contributed by atoms with Gasteiger partial charge in [0.25, 0.3) is 5.69 Å². The number of hydrogen-bond acceptors (Lipinski definition) is 6. The summed E-state index contributed by atoms with van der Waals surface area (Å²) in [5.41, 5.74) is 0.0770. The lowest BCUT2D eigenvalue weighted by molar-refractivity contribution is -0.384. The Morgan fingerprint density at radius 1 is 1.59 bits per heavy atom. The second-order valence-corrected chi connectivity index (χ2v) is 6.16. The van der Waals surface area contributed by atoms with Crippen LogP contribution < -0.4 is 5.32 Å². The lowest BCUT2D eigenvalue weighted by atomic mass is 10.4. The van der Waals surface area contributed by atoms with Crippen LogP contribution >= 0.6 is 23.5 Å². The standard InChI is InChI=1S/C10H13N3O2S2/c14-13(15)8-1-2-11-10(5-8)12-6-9-7-16-3-4-17-9/h1-2,5,9H,3-4,6-7H2,(H,11,12). The van der Waals surface area contributed by atoms with Gasteiger partial charge in [0.15, 0.2) is 0 Å². The van der Waals surface area contributed by atoms with Crippen molar-refractivity contribution < 1.29 is 4.92 Å². The van der Waals surface area contributed by atoms with E-state index in [2.05, 4.69) is 10.3 Å². The largest absolute Gasteiger partial charge is 0.369 e. The van der Waals surface area contributed by atoms with Gasteiger partial charge in [0.2, 0.25) is 0 Å². The van der Waals surface area contributed by atoms with Crippen LogP contribution in [0.25, 0.3) is 0 Å². The van der Waals surface area contributed by atoms with Crippen molar-refractivity contribution in [3.63, 3.8) is 0 Å². The van der Waals surface area contributed by atoms with Gasteiger partial charge in [-0.2, -0.15) is 23.5 Å². The molecule has 0 aromatic carbocycles. The smallest absolute Gasteiger partial charge is 0.274 e. The Bertz CT molecular complexity index is 397. The van der Waals surface area contributed by atoms with Gasteiger partial charge in [-0.05, 0) is 0 Å². The summed E-state index contributed by atoms with van der Waals surface area (Å²) >= 11 is 3.90. The lowest BCUT2D eigenvalue weighted by Crippen LogP contribution is -2.23. The van der Waals surface area contributed by atoms with E-state index < -0.39 is 4.92 Å². The predicted octanol–water partition coefficient (Wildman–Crippen LogP) is 2.25. The van der Waals surface area contributed by atoms with Crippen LogP contribution in [0.15, 0.2) is 18.3 Å². The van der Waals surface area contributed by atoms with Gasteiger partial charge in [0, 0.05) is 41.3 Å². The third-order valence-corrected chi connectivity index (χ3v) is 5.20. The van der Waals surface area contributed by atoms with E-state index in [0.717, 1.165) is 12.3 Å². The first-order chi connectivity index (χ1) is 8.25. The van der Waals surface area contributed by atoms with Crippen molar-refractivity contribution in [2.45, 2.75) is 5.25 Å². The SMILES string of the molecule is O=[N+]([O-])c1ccnc(NCC2CSCCS2)c1. The molecule has 0 bridgehead atoms. The van der Waals surface area contributed by atoms with E-state index in [-0.39, 0.29) is 5.69 Å². The summed E-state index contributed by atoms with van der Waals surface area (Å²) in [4.78, 5) is 14.3. The minimum Gasteiger partial charge on any atom is -0.369 e. The molecule has 92 valence electrons. The van der Waals surface area contributed by atoms with Crippen molar-refractivity contribution in [1.82, 2.24) is 4.98 Å². The molecule has 1 fully saturated rings. The van der Waals surface area contributed by atoms with Crippen LogP contribution in [0.4, 0.5) is 11.5 Å². The van der Waals surface area contributed by atoms with E-state index in [4.69, 9.17) is 0 Å². The Morgan fingerprint density at radius 3 is 3.18 bits per heavy atom. The van der Waals surface area contributed by atoms with Gasteiger partial charge in [0.05, 0.1) is 11.0 Å². The maximum absolute atomic E-state index is 10.6. The Hall–Kier alpha value is -0.950. The number of anilines is 1. The van der Waals surface area contributed by atoms with Crippen molar-refractivity contribution in [2.75, 3.05) is 29.1 Å². The van der Waals surface area contributed by atoms with Gasteiger partial charge in [-0.1, -0.05) is 0 Å². The summed E-state index contributed by atoms with van der Waals surface area (Å²) in [6.45, 7) is 0.811. The normalized spacial score (nSPS) is 19.9. The fourth-order valence-electron chi connectivity index (χ4n) is 1.50. The third kappa shape index (κ3) is 3.78. The molecule has 1 aliphatic rings. The van der Waals surface area contributed by atoms with Crippen LogP contribution in [0, 0.1) is 10.1 Å². The van der Waals surface area contributed by atoms with E-state index in [1.165, 1.54) is 29.8 Å². The fourth-order valence-corrected chi connectivity index (χ4v) is 4.11. The van der Waals surface area contributed by atoms with Gasteiger partial charge >= 0.3 is 0 Å². The van der Waals surface area contributed by atoms with Gasteiger partial charge in [-0.15, -0.1) is 0 Å². The number of rotatable bonds is 4. The van der Waals surface area contributed by atoms with Crippen LogP contribution in [0.1, 0.15) is 0 Å². The molecule has 0 saturated carbocycles. The molecule has 7 heteroatoms. The third-order valence-electron chi connectivity index (χ3n) is 2.35. The first-order valence-electron chi connectivity index (χ1n) is 5.29. The number of hydrogen-bond donors (Lipinski definition) is 1. The molecule has 2 heterocycles. The molecule has 0 spiro atoms. The average Bonchev–Trinajstić information content (AvgIpc) is 2.38. The van der Waals surface area contributed by atoms with E-state index in [1.54, 1.807) is 0 Å². The topological polar surface area (TPSA) is 68.1 Å². The Balaban J connectivity index is 1.89. The summed E-state index contributed by atoms with van der Waals surface area (Å²) in [5.74, 6) is 4.11. The van der Waals surface area contributed by atoms with Crippen LogP contribution in [-0.2, 0) is 0 Å². The number of aromatic nitrogens is 1. The molecular weight excluding hydrogens is 258 g/mol. The Kier molecular flexibility index (Phi) is 4.49. The molecule has 2 rings (SSSR count). The highest BCUT2D eigenvalue weighted by atomic mass is 32.2. The molecule has 0 aliphatic carbocycles. The van der Waals surface area contributed by atoms with E-state index in [9.17, 15) is 10.1 Å². The zero-order valence-corrected chi connectivity index (χ0v) is 10.8. The molecular formula is C10H13N3O2S2. The number of nitrogens with one attached hydrogen (secondary N) is 1. The molecule has 1 aromatic rings. The first-order valence-corrected chi connectivity index (χ1v) is 7.50. The summed E-state index contributed by atoms with van der Waals surface area (Å²) < 4.78 is 0. The first kappa shape index (κ1) is 12.5. The molecule has 1 aromatic heterocycles. The summed E-state index contributed by atoms with van der Waals surface area (Å²) in [6, 6.07) is 2.87. The van der Waals surface area contributed by atoms with Crippen molar-refractivity contribution in [3.8, 4) is 0 Å². The van der Waals surface area contributed by atoms with E-state index in [1.807, 2.05) is 23.5 Å². The number of nitro groups is 1. The van der Waals surface area contributed by atoms with Crippen molar-refractivity contribution >= 4 is 35.0 Å². The molecule has 0 radical (unpaired) electrons. The minimum atomic E-state index is -0.405. The maximum Gasteiger partial charge on any atom is 0.274 e. The van der Waals surface area contributed by atoms with Crippen LogP contribution in [0.2, 0.25) is 0 Å². The van der Waals surface area contributed by atoms with E-state index in [0.29, 0.717) is 11.1 Å². The van der Waals surface area contributed by atoms with Crippen molar-refractivity contribution in [2.24, 2.45) is 0 Å². The Labute approximate surface area is 108 Å². The number of thioether (sulfide) groups is 2.